The van der Waals surface area contributed by atoms with Crippen molar-refractivity contribution >= 4 is 17.1 Å². The molecule has 0 aromatic carbocycles. The Morgan fingerprint density at radius 1 is 1.14 bits per heavy atom. The average Bonchev–Trinajstić information content (AvgIpc) is 3.49. The molecule has 0 radical (unpaired) electrons. The van der Waals surface area contributed by atoms with Crippen LogP contribution in [0.5, 0.6) is 5.75 Å². The molecule has 3 heterocycles. The summed E-state index contributed by atoms with van der Waals surface area (Å²) >= 11 is 0. The molecule has 3 aromatic heterocycles. The van der Waals surface area contributed by atoms with Gasteiger partial charge in [-0.1, -0.05) is 0 Å². The number of nitrogens with zero attached hydrogens (tertiary/aromatic N) is 4. The van der Waals surface area contributed by atoms with Gasteiger partial charge >= 0.3 is 0 Å². The van der Waals surface area contributed by atoms with Gasteiger partial charge in [0.1, 0.15) is 11.3 Å². The summed E-state index contributed by atoms with van der Waals surface area (Å²) < 4.78 is 8.22. The predicted octanol–water partition coefficient (Wildman–Crippen LogP) is 3.59. The van der Waals surface area contributed by atoms with Crippen molar-refractivity contribution in [1.29, 1.82) is 0 Å². The van der Waals surface area contributed by atoms with E-state index in [4.69, 9.17) is 4.74 Å². The van der Waals surface area contributed by atoms with Gasteiger partial charge in [0.25, 0.3) is 5.91 Å². The summed E-state index contributed by atoms with van der Waals surface area (Å²) in [5, 5.41) is 3.16. The second-order valence-electron chi connectivity index (χ2n) is 8.10. The van der Waals surface area contributed by atoms with Gasteiger partial charge in [0.2, 0.25) is 0 Å². The highest BCUT2D eigenvalue weighted by Crippen LogP contribution is 2.36. The van der Waals surface area contributed by atoms with Crippen LogP contribution in [0.1, 0.15) is 60.6 Å². The second-order valence-corrected chi connectivity index (χ2v) is 8.10. The minimum absolute atomic E-state index is 0.0761. The molecule has 7 nitrogen and oxygen atoms in total. The van der Waals surface area contributed by atoms with Gasteiger partial charge in [-0.2, -0.15) is 0 Å². The normalized spacial score (nSPS) is 21.8. The van der Waals surface area contributed by atoms with Crippen LogP contribution in [0.3, 0.4) is 0 Å². The van der Waals surface area contributed by atoms with E-state index in [9.17, 15) is 4.79 Å². The first-order valence-electron chi connectivity index (χ1n) is 10.4. The first kappa shape index (κ1) is 18.1. The second kappa shape index (κ2) is 7.46. The first-order chi connectivity index (χ1) is 14.2. The van der Waals surface area contributed by atoms with Crippen LogP contribution in [0.4, 0.5) is 0 Å². The monoisotopic (exact) mass is 391 g/mol. The summed E-state index contributed by atoms with van der Waals surface area (Å²) in [6.45, 7) is 1.96. The van der Waals surface area contributed by atoms with Crippen molar-refractivity contribution in [3.8, 4) is 5.75 Å². The van der Waals surface area contributed by atoms with Crippen molar-refractivity contribution in [3.63, 3.8) is 0 Å². The lowest BCUT2D eigenvalue weighted by molar-refractivity contribution is 0.0893. The summed E-state index contributed by atoms with van der Waals surface area (Å²) in [6, 6.07) is 6.39. The Balaban J connectivity index is 1.18. The van der Waals surface area contributed by atoms with Crippen molar-refractivity contribution in [2.45, 2.75) is 63.6 Å². The number of ether oxygens (including phenoxy) is 1. The maximum absolute atomic E-state index is 12.7. The molecule has 0 atom stereocenters. The molecule has 1 amide bonds. The molecule has 2 aliphatic carbocycles. The number of hydrogen-bond donors (Lipinski definition) is 1. The Morgan fingerprint density at radius 3 is 2.72 bits per heavy atom. The molecule has 0 saturated heterocycles. The Morgan fingerprint density at radius 2 is 1.97 bits per heavy atom. The smallest absolute Gasteiger partial charge is 0.253 e. The van der Waals surface area contributed by atoms with Crippen LogP contribution >= 0.6 is 0 Å². The largest absolute Gasteiger partial charge is 0.489 e. The number of carbonyl (C=O) groups is 1. The van der Waals surface area contributed by atoms with Gasteiger partial charge in [-0.05, 0) is 63.6 Å². The van der Waals surface area contributed by atoms with Crippen molar-refractivity contribution in [1.82, 2.24) is 24.8 Å². The van der Waals surface area contributed by atoms with Crippen LogP contribution in [0, 0.1) is 6.92 Å². The summed E-state index contributed by atoms with van der Waals surface area (Å²) in [6.07, 6.45) is 11.5. The van der Waals surface area contributed by atoms with Crippen molar-refractivity contribution in [2.24, 2.45) is 0 Å². The maximum atomic E-state index is 12.7. The highest BCUT2D eigenvalue weighted by molar-refractivity contribution is 5.96. The van der Waals surface area contributed by atoms with E-state index in [1.807, 2.05) is 31.5 Å². The minimum atomic E-state index is -0.0761. The number of rotatable bonds is 5. The molecule has 0 unspecified atom stereocenters. The zero-order valence-electron chi connectivity index (χ0n) is 16.5. The van der Waals surface area contributed by atoms with Crippen molar-refractivity contribution in [2.75, 3.05) is 0 Å². The molecule has 0 bridgehead atoms. The van der Waals surface area contributed by atoms with E-state index in [1.54, 1.807) is 12.4 Å². The fourth-order valence-corrected chi connectivity index (χ4v) is 4.03. The molecule has 0 aliphatic heterocycles. The van der Waals surface area contributed by atoms with Crippen LogP contribution < -0.4 is 10.1 Å². The highest BCUT2D eigenvalue weighted by atomic mass is 16.5. The molecule has 1 N–H and O–H groups in total. The Kier molecular flexibility index (Phi) is 4.66. The number of amides is 1. The highest BCUT2D eigenvalue weighted by Gasteiger charge is 2.27. The maximum Gasteiger partial charge on any atom is 0.253 e. The molecule has 150 valence electrons. The third-order valence-electron chi connectivity index (χ3n) is 5.88. The zero-order chi connectivity index (χ0) is 19.8. The summed E-state index contributed by atoms with van der Waals surface area (Å²) in [7, 11) is 0. The number of aromatic nitrogens is 4. The topological polar surface area (TPSA) is 81.9 Å². The summed E-state index contributed by atoms with van der Waals surface area (Å²) in [5.74, 6) is 0.776. The van der Waals surface area contributed by atoms with Gasteiger partial charge in [0, 0.05) is 24.5 Å². The van der Waals surface area contributed by atoms with Crippen LogP contribution in [-0.4, -0.2) is 37.6 Å². The van der Waals surface area contributed by atoms with E-state index in [0.717, 1.165) is 48.3 Å². The Bertz CT molecular complexity index is 1030. The average molecular weight is 391 g/mol. The Labute approximate surface area is 169 Å². The van der Waals surface area contributed by atoms with Crippen molar-refractivity contribution in [3.05, 3.63) is 48.2 Å². The SMILES string of the molecule is Cc1ncccc1OC1CCC(NC(=O)c2cnc3c(c2)ncn3C2CC2)CC1. The molecule has 29 heavy (non-hydrogen) atoms. The van der Waals surface area contributed by atoms with Crippen molar-refractivity contribution < 1.29 is 9.53 Å². The molecule has 2 fully saturated rings. The van der Waals surface area contributed by atoms with Crippen LogP contribution in [-0.2, 0) is 0 Å². The number of carbonyl (C=O) groups excluding carboxylic acids is 1. The van der Waals surface area contributed by atoms with E-state index in [-0.39, 0.29) is 18.1 Å². The van der Waals surface area contributed by atoms with Gasteiger partial charge in [-0.3, -0.25) is 9.78 Å². The molecule has 0 spiro atoms. The number of hydrogen-bond acceptors (Lipinski definition) is 5. The van der Waals surface area contributed by atoms with Crippen LogP contribution in [0.15, 0.2) is 36.9 Å². The van der Waals surface area contributed by atoms with Gasteiger partial charge < -0.3 is 14.6 Å². The lowest BCUT2D eigenvalue weighted by Crippen LogP contribution is -2.39. The van der Waals surface area contributed by atoms with Gasteiger partial charge in [-0.15, -0.1) is 0 Å². The van der Waals surface area contributed by atoms with E-state index >= 15 is 0 Å². The third-order valence-corrected chi connectivity index (χ3v) is 5.88. The fraction of sp³-hybridized carbons (Fsp3) is 0.455. The molecule has 7 heteroatoms. The van der Waals surface area contributed by atoms with E-state index in [0.29, 0.717) is 11.6 Å². The molecule has 2 saturated carbocycles. The molecular formula is C22H25N5O2. The zero-order valence-corrected chi connectivity index (χ0v) is 16.5. The number of pyridine rings is 2. The molecule has 3 aromatic rings. The van der Waals surface area contributed by atoms with Crippen LogP contribution in [0.25, 0.3) is 11.2 Å². The third kappa shape index (κ3) is 3.81. The predicted molar refractivity (Wildman–Crippen MR) is 109 cm³/mol. The first-order valence-corrected chi connectivity index (χ1v) is 10.4. The fourth-order valence-electron chi connectivity index (χ4n) is 4.03. The standard InChI is InChI=1S/C22H25N5O2/c1-14-20(3-2-10-23-14)29-18-8-4-16(5-9-18)26-22(28)15-11-19-21(24-12-15)27(13-25-19)17-6-7-17/h2-3,10-13,16-18H,4-9H2,1H3,(H,26,28). The van der Waals surface area contributed by atoms with E-state index < -0.39 is 0 Å². The van der Waals surface area contributed by atoms with Gasteiger partial charge in [0.05, 0.1) is 23.7 Å². The lowest BCUT2D eigenvalue weighted by atomic mass is 9.92. The molecule has 5 rings (SSSR count). The summed E-state index contributed by atoms with van der Waals surface area (Å²) in [5.41, 5.74) is 3.14. The lowest BCUT2D eigenvalue weighted by Gasteiger charge is -2.29. The van der Waals surface area contributed by atoms with Crippen LogP contribution in [0.2, 0.25) is 0 Å². The van der Waals surface area contributed by atoms with E-state index in [1.165, 1.54) is 12.8 Å². The summed E-state index contributed by atoms with van der Waals surface area (Å²) in [4.78, 5) is 25.9. The number of nitrogens with one attached hydrogen (secondary N) is 1. The molecule has 2 aliphatic rings. The number of imidazole rings is 1. The molecular weight excluding hydrogens is 366 g/mol. The number of fused-ring (bicyclic) bond motifs is 1. The Hall–Kier alpha value is -2.96. The van der Waals surface area contributed by atoms with Gasteiger partial charge in [0.15, 0.2) is 5.65 Å². The van der Waals surface area contributed by atoms with E-state index in [2.05, 4.69) is 24.8 Å². The number of aryl methyl sites for hydroxylation is 1. The quantitative estimate of drug-likeness (QED) is 0.719. The minimum Gasteiger partial charge on any atom is -0.489 e. The van der Waals surface area contributed by atoms with Gasteiger partial charge in [-0.25, -0.2) is 9.97 Å².